The van der Waals surface area contributed by atoms with E-state index >= 15 is 0 Å². The second kappa shape index (κ2) is 9.79. The Morgan fingerprint density at radius 1 is 1.07 bits per heavy atom. The maximum Gasteiger partial charge on any atom is 0.352 e. The van der Waals surface area contributed by atoms with Crippen molar-refractivity contribution in [2.75, 3.05) is 13.7 Å². The Bertz CT molecular complexity index is 958. The molecule has 8 heteroatoms. The Morgan fingerprint density at radius 2 is 1.76 bits per heavy atom. The van der Waals surface area contributed by atoms with Gasteiger partial charge in [0, 0.05) is 0 Å². The van der Waals surface area contributed by atoms with E-state index in [1.165, 1.54) is 0 Å². The SMILES string of the molecule is CCc1nnsc1C(=O)OCC(=O)N[C@H](c1ccccc1)c1ccc(OC)cc1. The summed E-state index contributed by atoms with van der Waals surface area (Å²) in [6, 6.07) is 16.6. The van der Waals surface area contributed by atoms with Gasteiger partial charge in [0.1, 0.15) is 5.75 Å². The van der Waals surface area contributed by atoms with Crippen LogP contribution in [0.5, 0.6) is 5.75 Å². The molecule has 0 radical (unpaired) electrons. The van der Waals surface area contributed by atoms with E-state index in [9.17, 15) is 9.59 Å². The number of nitrogens with zero attached hydrogens (tertiary/aromatic N) is 2. The van der Waals surface area contributed by atoms with Crippen molar-refractivity contribution in [1.29, 1.82) is 0 Å². The molecule has 0 aliphatic rings. The summed E-state index contributed by atoms with van der Waals surface area (Å²) in [6.45, 7) is 1.49. The molecule has 29 heavy (non-hydrogen) atoms. The number of ether oxygens (including phenoxy) is 2. The number of benzene rings is 2. The Kier molecular flexibility index (Phi) is 6.91. The third kappa shape index (κ3) is 5.17. The zero-order valence-electron chi connectivity index (χ0n) is 16.1. The first kappa shape index (κ1) is 20.5. The normalized spacial score (nSPS) is 11.5. The molecule has 0 aliphatic heterocycles. The highest BCUT2D eigenvalue weighted by Gasteiger charge is 2.20. The van der Waals surface area contributed by atoms with Crippen molar-refractivity contribution in [2.45, 2.75) is 19.4 Å². The van der Waals surface area contributed by atoms with E-state index < -0.39 is 11.9 Å². The van der Waals surface area contributed by atoms with Gasteiger partial charge >= 0.3 is 5.97 Å². The summed E-state index contributed by atoms with van der Waals surface area (Å²) in [5.74, 6) is -0.267. The predicted octanol–water partition coefficient (Wildman–Crippen LogP) is 3.17. The van der Waals surface area contributed by atoms with Crippen LogP contribution in [0, 0.1) is 0 Å². The summed E-state index contributed by atoms with van der Waals surface area (Å²) in [6.07, 6.45) is 0.570. The van der Waals surface area contributed by atoms with Gasteiger partial charge in [0.25, 0.3) is 5.91 Å². The number of carbonyl (C=O) groups is 2. The van der Waals surface area contributed by atoms with Gasteiger partial charge in [-0.25, -0.2) is 4.79 Å². The van der Waals surface area contributed by atoms with Gasteiger partial charge in [-0.05, 0) is 41.2 Å². The number of rotatable bonds is 8. The van der Waals surface area contributed by atoms with Crippen molar-refractivity contribution in [3.63, 3.8) is 0 Å². The fourth-order valence-electron chi connectivity index (χ4n) is 2.80. The molecule has 1 aromatic heterocycles. The largest absolute Gasteiger partial charge is 0.497 e. The number of aryl methyl sites for hydroxylation is 1. The minimum absolute atomic E-state index is 0.329. The first-order valence-corrected chi connectivity index (χ1v) is 9.86. The Morgan fingerprint density at radius 3 is 2.41 bits per heavy atom. The molecule has 1 N–H and O–H groups in total. The van der Waals surface area contributed by atoms with E-state index in [0.29, 0.717) is 17.0 Å². The van der Waals surface area contributed by atoms with E-state index in [2.05, 4.69) is 14.9 Å². The summed E-state index contributed by atoms with van der Waals surface area (Å²) in [7, 11) is 1.60. The molecule has 1 heterocycles. The third-order valence-corrected chi connectivity index (χ3v) is 5.05. The number of hydrogen-bond acceptors (Lipinski definition) is 7. The Labute approximate surface area is 172 Å². The van der Waals surface area contributed by atoms with E-state index in [0.717, 1.165) is 28.4 Å². The van der Waals surface area contributed by atoms with E-state index in [1.54, 1.807) is 7.11 Å². The number of carbonyl (C=O) groups excluding carboxylic acids is 2. The highest BCUT2D eigenvalue weighted by atomic mass is 32.1. The Hall–Kier alpha value is -3.26. The van der Waals surface area contributed by atoms with Gasteiger partial charge in [-0.2, -0.15) is 0 Å². The summed E-state index contributed by atoms with van der Waals surface area (Å²) in [5.41, 5.74) is 2.37. The van der Waals surface area contributed by atoms with Crippen molar-refractivity contribution < 1.29 is 19.1 Å². The average Bonchev–Trinajstić information content (AvgIpc) is 3.25. The first-order valence-electron chi connectivity index (χ1n) is 9.09. The van der Waals surface area contributed by atoms with Crippen LogP contribution in [0.1, 0.15) is 39.5 Å². The molecule has 7 nitrogen and oxygen atoms in total. The van der Waals surface area contributed by atoms with Crippen molar-refractivity contribution in [1.82, 2.24) is 14.9 Å². The molecule has 0 unspecified atom stereocenters. The standard InChI is InChI=1S/C21H21N3O4S/c1-3-17-20(29-24-23-17)21(26)28-13-18(25)22-19(14-7-5-4-6-8-14)15-9-11-16(27-2)12-10-15/h4-12,19H,3,13H2,1-2H3,(H,22,25)/t19-/m1/s1. The number of hydrogen-bond donors (Lipinski definition) is 1. The molecule has 0 spiro atoms. The van der Waals surface area contributed by atoms with Gasteiger partial charge in [-0.15, -0.1) is 5.10 Å². The summed E-state index contributed by atoms with van der Waals surface area (Å²) < 4.78 is 14.1. The monoisotopic (exact) mass is 411 g/mol. The molecule has 0 saturated carbocycles. The molecule has 0 aliphatic carbocycles. The first-order chi connectivity index (χ1) is 14.1. The number of amides is 1. The van der Waals surface area contributed by atoms with E-state index in [1.807, 2.05) is 61.5 Å². The quantitative estimate of drug-likeness (QED) is 0.573. The van der Waals surface area contributed by atoms with Gasteiger partial charge in [0.15, 0.2) is 11.5 Å². The van der Waals surface area contributed by atoms with Crippen LogP contribution in [0.25, 0.3) is 0 Å². The maximum absolute atomic E-state index is 12.5. The third-order valence-electron chi connectivity index (χ3n) is 4.30. The van der Waals surface area contributed by atoms with Crippen LogP contribution in [0.15, 0.2) is 54.6 Å². The maximum atomic E-state index is 12.5. The lowest BCUT2D eigenvalue weighted by Crippen LogP contribution is -2.33. The van der Waals surface area contributed by atoms with E-state index in [4.69, 9.17) is 9.47 Å². The van der Waals surface area contributed by atoms with Crippen LogP contribution in [0.3, 0.4) is 0 Å². The van der Waals surface area contributed by atoms with Crippen molar-refractivity contribution in [3.05, 3.63) is 76.3 Å². The molecule has 0 fully saturated rings. The lowest BCUT2D eigenvalue weighted by molar-refractivity contribution is -0.124. The van der Waals surface area contributed by atoms with Crippen molar-refractivity contribution in [3.8, 4) is 5.75 Å². The Balaban J connectivity index is 1.70. The van der Waals surface area contributed by atoms with Crippen LogP contribution in [0.4, 0.5) is 0 Å². The predicted molar refractivity (Wildman–Crippen MR) is 109 cm³/mol. The lowest BCUT2D eigenvalue weighted by Gasteiger charge is -2.20. The van der Waals surface area contributed by atoms with Gasteiger partial charge in [-0.1, -0.05) is 53.9 Å². The summed E-state index contributed by atoms with van der Waals surface area (Å²) in [5, 5.41) is 6.81. The molecule has 0 saturated heterocycles. The number of aromatic nitrogens is 2. The molecular weight excluding hydrogens is 390 g/mol. The van der Waals surface area contributed by atoms with Crippen LogP contribution in [0.2, 0.25) is 0 Å². The van der Waals surface area contributed by atoms with Crippen molar-refractivity contribution in [2.24, 2.45) is 0 Å². The number of esters is 1. The highest BCUT2D eigenvalue weighted by Crippen LogP contribution is 2.24. The van der Waals surface area contributed by atoms with E-state index in [-0.39, 0.29) is 12.6 Å². The second-order valence-electron chi connectivity index (χ2n) is 6.16. The molecule has 0 bridgehead atoms. The smallest absolute Gasteiger partial charge is 0.352 e. The van der Waals surface area contributed by atoms with Crippen LogP contribution >= 0.6 is 11.5 Å². The molecule has 150 valence electrons. The minimum atomic E-state index is -0.590. The molecule has 2 aromatic carbocycles. The molecule has 3 aromatic rings. The molecular formula is C21H21N3O4S. The number of nitrogens with one attached hydrogen (secondary N) is 1. The van der Waals surface area contributed by atoms with Gasteiger partial charge in [0.05, 0.1) is 18.8 Å². The summed E-state index contributed by atoms with van der Waals surface area (Å²) >= 11 is 0.966. The van der Waals surface area contributed by atoms with Gasteiger partial charge < -0.3 is 14.8 Å². The lowest BCUT2D eigenvalue weighted by atomic mass is 9.98. The zero-order chi connectivity index (χ0) is 20.6. The number of methoxy groups -OCH3 is 1. The summed E-state index contributed by atoms with van der Waals surface area (Å²) in [4.78, 5) is 25.0. The van der Waals surface area contributed by atoms with Crippen LogP contribution < -0.4 is 10.1 Å². The topological polar surface area (TPSA) is 90.4 Å². The highest BCUT2D eigenvalue weighted by molar-refractivity contribution is 7.07. The van der Waals surface area contributed by atoms with Crippen molar-refractivity contribution >= 4 is 23.4 Å². The zero-order valence-corrected chi connectivity index (χ0v) is 16.9. The minimum Gasteiger partial charge on any atom is -0.497 e. The van der Waals surface area contributed by atoms with Gasteiger partial charge in [0.2, 0.25) is 0 Å². The molecule has 1 atom stereocenters. The van der Waals surface area contributed by atoms with Crippen LogP contribution in [-0.2, 0) is 16.0 Å². The second-order valence-corrected chi connectivity index (χ2v) is 6.92. The average molecular weight is 411 g/mol. The fourth-order valence-corrected chi connectivity index (χ4v) is 3.44. The van der Waals surface area contributed by atoms with Gasteiger partial charge in [-0.3, -0.25) is 4.79 Å². The fraction of sp³-hybridized carbons (Fsp3) is 0.238. The molecule has 3 rings (SSSR count). The van der Waals surface area contributed by atoms with Crippen LogP contribution in [-0.4, -0.2) is 35.2 Å². The molecule has 1 amide bonds.